The molecular weight excluding hydrogens is 250 g/mol. The van der Waals surface area contributed by atoms with E-state index in [1.807, 2.05) is 0 Å². The van der Waals surface area contributed by atoms with Gasteiger partial charge in [-0.05, 0) is 68.9 Å². The van der Waals surface area contributed by atoms with Gasteiger partial charge in [-0.15, -0.1) is 0 Å². The Morgan fingerprint density at radius 1 is 1.05 bits per heavy atom. The quantitative estimate of drug-likeness (QED) is 0.804. The summed E-state index contributed by atoms with van der Waals surface area (Å²) in [4.78, 5) is 12.0. The van der Waals surface area contributed by atoms with Crippen LogP contribution in [-0.2, 0) is 9.53 Å². The Morgan fingerprint density at radius 2 is 1.65 bits per heavy atom. The van der Waals surface area contributed by atoms with Gasteiger partial charge >= 0.3 is 5.97 Å². The zero-order valence-electron chi connectivity index (χ0n) is 13.4. The van der Waals surface area contributed by atoms with E-state index in [4.69, 9.17) is 4.74 Å². The molecule has 0 aromatic carbocycles. The highest BCUT2D eigenvalue weighted by Crippen LogP contribution is 2.40. The molecule has 3 nitrogen and oxygen atoms in total. The Bertz CT molecular complexity index is 307. The third-order valence-electron chi connectivity index (χ3n) is 5.11. The molecule has 0 aromatic heterocycles. The molecule has 2 fully saturated rings. The molecule has 116 valence electrons. The average Bonchev–Trinajstić information content (AvgIpc) is 2.39. The molecule has 2 rings (SSSR count). The van der Waals surface area contributed by atoms with Crippen molar-refractivity contribution in [2.45, 2.75) is 71.8 Å². The highest BCUT2D eigenvalue weighted by atomic mass is 16.5. The summed E-state index contributed by atoms with van der Waals surface area (Å²) in [5.41, 5.74) is 0.417. The van der Waals surface area contributed by atoms with Crippen molar-refractivity contribution in [2.24, 2.45) is 17.3 Å². The zero-order valence-corrected chi connectivity index (χ0v) is 13.4. The number of nitrogens with one attached hydrogen (secondary N) is 1. The van der Waals surface area contributed by atoms with Crippen molar-refractivity contribution < 1.29 is 9.53 Å². The molecule has 2 aliphatic rings. The smallest absolute Gasteiger partial charge is 0.306 e. The molecule has 1 N–H and O–H groups in total. The van der Waals surface area contributed by atoms with Crippen LogP contribution in [0.25, 0.3) is 0 Å². The van der Waals surface area contributed by atoms with E-state index in [0.29, 0.717) is 17.8 Å². The SMILES string of the molecule is CC(C)(C)C1CCC(CC(=O)OC2CCNCC2)CC1. The highest BCUT2D eigenvalue weighted by molar-refractivity contribution is 5.69. The van der Waals surface area contributed by atoms with Crippen LogP contribution in [0.15, 0.2) is 0 Å². The topological polar surface area (TPSA) is 38.3 Å². The molecule has 0 amide bonds. The van der Waals surface area contributed by atoms with Gasteiger partial charge in [0.15, 0.2) is 0 Å². The van der Waals surface area contributed by atoms with Gasteiger partial charge < -0.3 is 10.1 Å². The molecule has 1 saturated carbocycles. The van der Waals surface area contributed by atoms with Crippen molar-refractivity contribution in [1.82, 2.24) is 5.32 Å². The molecule has 0 bridgehead atoms. The average molecular weight is 281 g/mol. The molecule has 3 heteroatoms. The first-order valence-electron chi connectivity index (χ1n) is 8.35. The van der Waals surface area contributed by atoms with Crippen molar-refractivity contribution >= 4 is 5.97 Å². The molecular formula is C17H31NO2. The van der Waals surface area contributed by atoms with Gasteiger partial charge in [0.05, 0.1) is 0 Å². The second kappa shape index (κ2) is 6.93. The second-order valence-corrected chi connectivity index (χ2v) is 7.73. The lowest BCUT2D eigenvalue weighted by Crippen LogP contribution is -2.34. The summed E-state index contributed by atoms with van der Waals surface area (Å²) in [7, 11) is 0. The van der Waals surface area contributed by atoms with Gasteiger partial charge in [0.1, 0.15) is 6.10 Å². The molecule has 1 heterocycles. The summed E-state index contributed by atoms with van der Waals surface area (Å²) in [5, 5.41) is 3.30. The standard InChI is InChI=1S/C17H31NO2/c1-17(2,3)14-6-4-13(5-7-14)12-16(19)20-15-8-10-18-11-9-15/h13-15,18H,4-12H2,1-3H3. The van der Waals surface area contributed by atoms with Gasteiger partial charge in [-0.2, -0.15) is 0 Å². The monoisotopic (exact) mass is 281 g/mol. The Morgan fingerprint density at radius 3 is 2.20 bits per heavy atom. The number of rotatable bonds is 3. The van der Waals surface area contributed by atoms with E-state index in [1.54, 1.807) is 0 Å². The van der Waals surface area contributed by atoms with Crippen LogP contribution in [0.2, 0.25) is 0 Å². The van der Waals surface area contributed by atoms with Gasteiger partial charge in [-0.25, -0.2) is 0 Å². The molecule has 20 heavy (non-hydrogen) atoms. The van der Waals surface area contributed by atoms with Crippen LogP contribution in [0.5, 0.6) is 0 Å². The molecule has 0 unspecified atom stereocenters. The van der Waals surface area contributed by atoms with Crippen LogP contribution in [0.3, 0.4) is 0 Å². The first-order valence-corrected chi connectivity index (χ1v) is 8.35. The molecule has 0 radical (unpaired) electrons. The van der Waals surface area contributed by atoms with E-state index in [1.165, 1.54) is 25.7 Å². The molecule has 0 aromatic rings. The van der Waals surface area contributed by atoms with Crippen molar-refractivity contribution in [2.75, 3.05) is 13.1 Å². The summed E-state index contributed by atoms with van der Waals surface area (Å²) in [5.74, 6) is 1.41. The van der Waals surface area contributed by atoms with Crippen LogP contribution < -0.4 is 5.32 Å². The number of carbonyl (C=O) groups excluding carboxylic acids is 1. The summed E-state index contributed by atoms with van der Waals surface area (Å²) in [6.07, 6.45) is 7.69. The van der Waals surface area contributed by atoms with Crippen LogP contribution in [0.4, 0.5) is 0 Å². The lowest BCUT2D eigenvalue weighted by molar-refractivity contribution is -0.151. The molecule has 0 spiro atoms. The lowest BCUT2D eigenvalue weighted by atomic mass is 9.69. The second-order valence-electron chi connectivity index (χ2n) is 7.73. The Labute approximate surface area is 123 Å². The maximum atomic E-state index is 12.0. The van der Waals surface area contributed by atoms with Gasteiger partial charge in [0.25, 0.3) is 0 Å². The van der Waals surface area contributed by atoms with Crippen LogP contribution in [0.1, 0.15) is 65.7 Å². The highest BCUT2D eigenvalue weighted by Gasteiger charge is 2.31. The van der Waals surface area contributed by atoms with Crippen LogP contribution >= 0.6 is 0 Å². The zero-order chi connectivity index (χ0) is 14.6. The molecule has 0 atom stereocenters. The van der Waals surface area contributed by atoms with Crippen LogP contribution in [-0.4, -0.2) is 25.2 Å². The van der Waals surface area contributed by atoms with E-state index >= 15 is 0 Å². The third kappa shape index (κ3) is 4.76. The maximum Gasteiger partial charge on any atom is 0.306 e. The fourth-order valence-corrected chi connectivity index (χ4v) is 3.62. The van der Waals surface area contributed by atoms with E-state index in [-0.39, 0.29) is 12.1 Å². The van der Waals surface area contributed by atoms with Gasteiger partial charge in [-0.1, -0.05) is 20.8 Å². The van der Waals surface area contributed by atoms with E-state index in [2.05, 4.69) is 26.1 Å². The van der Waals surface area contributed by atoms with Crippen molar-refractivity contribution in [3.05, 3.63) is 0 Å². The van der Waals surface area contributed by atoms with E-state index in [9.17, 15) is 4.79 Å². The fraction of sp³-hybridized carbons (Fsp3) is 0.941. The van der Waals surface area contributed by atoms with Crippen molar-refractivity contribution in [3.8, 4) is 0 Å². The summed E-state index contributed by atoms with van der Waals surface area (Å²) >= 11 is 0. The Hall–Kier alpha value is -0.570. The van der Waals surface area contributed by atoms with Crippen molar-refractivity contribution in [1.29, 1.82) is 0 Å². The molecule has 1 aliphatic heterocycles. The summed E-state index contributed by atoms with van der Waals surface area (Å²) < 4.78 is 5.61. The van der Waals surface area contributed by atoms with Gasteiger partial charge in [-0.3, -0.25) is 4.79 Å². The number of ether oxygens (including phenoxy) is 1. The predicted molar refractivity (Wildman–Crippen MR) is 81.5 cm³/mol. The molecule has 1 saturated heterocycles. The number of esters is 1. The van der Waals surface area contributed by atoms with Crippen molar-refractivity contribution in [3.63, 3.8) is 0 Å². The minimum atomic E-state index is 0.0381. The van der Waals surface area contributed by atoms with Gasteiger partial charge in [0, 0.05) is 6.42 Å². The lowest BCUT2D eigenvalue weighted by Gasteiger charge is -2.36. The summed E-state index contributed by atoms with van der Waals surface area (Å²) in [6, 6.07) is 0. The minimum absolute atomic E-state index is 0.0381. The minimum Gasteiger partial charge on any atom is -0.462 e. The Kier molecular flexibility index (Phi) is 5.48. The number of piperidine rings is 1. The van der Waals surface area contributed by atoms with E-state index < -0.39 is 0 Å². The first kappa shape index (κ1) is 15.8. The predicted octanol–water partition coefficient (Wildman–Crippen LogP) is 3.52. The fourth-order valence-electron chi connectivity index (χ4n) is 3.62. The first-order chi connectivity index (χ1) is 9.45. The number of carbonyl (C=O) groups is 1. The largest absolute Gasteiger partial charge is 0.462 e. The van der Waals surface area contributed by atoms with Gasteiger partial charge in [0.2, 0.25) is 0 Å². The number of hydrogen-bond acceptors (Lipinski definition) is 3. The molecule has 1 aliphatic carbocycles. The van der Waals surface area contributed by atoms with Crippen LogP contribution in [0, 0.1) is 17.3 Å². The summed E-state index contributed by atoms with van der Waals surface area (Å²) in [6.45, 7) is 8.97. The maximum absolute atomic E-state index is 12.0. The Balaban J connectivity index is 1.68. The third-order valence-corrected chi connectivity index (χ3v) is 5.11. The van der Waals surface area contributed by atoms with E-state index in [0.717, 1.165) is 31.8 Å². The normalized spacial score (nSPS) is 29.1. The number of hydrogen-bond donors (Lipinski definition) is 1.